The van der Waals surface area contributed by atoms with Crippen molar-refractivity contribution in [2.24, 2.45) is 0 Å². The highest BCUT2D eigenvalue weighted by Crippen LogP contribution is 2.26. The Hall–Kier alpha value is -2.96. The lowest BCUT2D eigenvalue weighted by Crippen LogP contribution is -2.24. The minimum absolute atomic E-state index is 0.00691. The second kappa shape index (κ2) is 11.1. The molecule has 0 saturated heterocycles. The number of nitrogens with one attached hydrogen (secondary N) is 2. The lowest BCUT2D eigenvalue weighted by molar-refractivity contribution is -0.115. The van der Waals surface area contributed by atoms with Gasteiger partial charge in [0.05, 0.1) is 41.6 Å². The molecule has 0 unspecified atom stereocenters. The summed E-state index contributed by atoms with van der Waals surface area (Å²) in [5, 5.41) is 15.1. The average Bonchev–Trinajstić information content (AvgIpc) is 2.69. The van der Waals surface area contributed by atoms with E-state index in [1.165, 1.54) is 18.2 Å². The fourth-order valence-electron chi connectivity index (χ4n) is 2.79. The fourth-order valence-corrected chi connectivity index (χ4v) is 3.22. The number of nitriles is 1. The van der Waals surface area contributed by atoms with Crippen LogP contribution in [0.5, 0.6) is 0 Å². The van der Waals surface area contributed by atoms with Gasteiger partial charge in [-0.3, -0.25) is 4.79 Å². The Morgan fingerprint density at radius 3 is 2.53 bits per heavy atom. The molecular weight excluding hydrogens is 481 g/mol. The second-order valence-electron chi connectivity index (χ2n) is 7.93. The number of ether oxygens (including phenoxy) is 2. The van der Waals surface area contributed by atoms with Crippen LogP contribution >= 0.6 is 15.9 Å². The first kappa shape index (κ1) is 25.3. The number of rotatable bonds is 8. The molecule has 2 aromatic rings. The molecule has 0 radical (unpaired) electrons. The van der Waals surface area contributed by atoms with Crippen molar-refractivity contribution in [3.05, 3.63) is 57.3 Å². The van der Waals surface area contributed by atoms with Crippen molar-refractivity contribution in [3.63, 3.8) is 0 Å². The number of carbonyl (C=O) groups excluding carboxylic acids is 2. The number of methoxy groups -OCH3 is 1. The topological polar surface area (TPSA) is 100 Å². The Morgan fingerprint density at radius 2 is 1.91 bits per heavy atom. The van der Waals surface area contributed by atoms with Gasteiger partial charge in [-0.2, -0.15) is 5.26 Å². The zero-order valence-corrected chi connectivity index (χ0v) is 19.9. The maximum Gasteiger partial charge on any atom is 0.338 e. The van der Waals surface area contributed by atoms with Gasteiger partial charge < -0.3 is 20.1 Å². The van der Waals surface area contributed by atoms with Gasteiger partial charge in [-0.25, -0.2) is 9.18 Å². The highest BCUT2D eigenvalue weighted by atomic mass is 79.9. The van der Waals surface area contributed by atoms with Gasteiger partial charge in [0.25, 0.3) is 0 Å². The number of carbonyl (C=O) groups is 2. The van der Waals surface area contributed by atoms with E-state index in [0.717, 1.165) is 0 Å². The minimum Gasteiger partial charge on any atom is -0.456 e. The third-order valence-electron chi connectivity index (χ3n) is 4.17. The molecule has 2 N–H and O–H groups in total. The first-order valence-corrected chi connectivity index (χ1v) is 10.6. The number of hydrogen-bond acceptors (Lipinski definition) is 6. The fraction of sp³-hybridized carbons (Fsp3) is 0.348. The second-order valence-corrected chi connectivity index (χ2v) is 8.85. The van der Waals surface area contributed by atoms with Crippen LogP contribution in [0.15, 0.2) is 34.8 Å². The molecule has 32 heavy (non-hydrogen) atoms. The third kappa shape index (κ3) is 7.32. The average molecular weight is 506 g/mol. The predicted octanol–water partition coefficient (Wildman–Crippen LogP) is 4.65. The summed E-state index contributed by atoms with van der Waals surface area (Å²) < 4.78 is 25.2. The number of esters is 1. The Morgan fingerprint density at radius 1 is 1.19 bits per heavy atom. The SMILES string of the molecule is COCCNc1cc(C(=O)OC(C)(C)C)ccc1NC(=O)Cc1c(F)cc(Br)cc1C#N. The van der Waals surface area contributed by atoms with E-state index in [9.17, 15) is 19.2 Å². The van der Waals surface area contributed by atoms with Gasteiger partial charge in [-0.1, -0.05) is 15.9 Å². The number of halogens is 2. The van der Waals surface area contributed by atoms with Crippen LogP contribution in [-0.2, 0) is 20.7 Å². The molecule has 0 saturated carbocycles. The normalized spacial score (nSPS) is 10.9. The van der Waals surface area contributed by atoms with Crippen LogP contribution in [0.3, 0.4) is 0 Å². The van der Waals surface area contributed by atoms with Crippen LogP contribution in [0.2, 0.25) is 0 Å². The van der Waals surface area contributed by atoms with E-state index in [2.05, 4.69) is 26.6 Å². The number of benzene rings is 2. The van der Waals surface area contributed by atoms with E-state index >= 15 is 0 Å². The van der Waals surface area contributed by atoms with Crippen LogP contribution in [0.4, 0.5) is 15.8 Å². The lowest BCUT2D eigenvalue weighted by atomic mass is 10.0. The quantitative estimate of drug-likeness (QED) is 0.399. The minimum atomic E-state index is -0.652. The van der Waals surface area contributed by atoms with E-state index in [-0.39, 0.29) is 17.5 Å². The van der Waals surface area contributed by atoms with Crippen molar-refractivity contribution in [1.82, 2.24) is 0 Å². The summed E-state index contributed by atoms with van der Waals surface area (Å²) in [7, 11) is 1.56. The summed E-state index contributed by atoms with van der Waals surface area (Å²) in [4.78, 5) is 25.0. The molecule has 2 aromatic carbocycles. The molecule has 0 spiro atoms. The molecular formula is C23H25BrFN3O4. The molecule has 0 bridgehead atoms. The number of hydrogen-bond donors (Lipinski definition) is 2. The van der Waals surface area contributed by atoms with Gasteiger partial charge in [0.2, 0.25) is 5.91 Å². The molecule has 0 heterocycles. The van der Waals surface area contributed by atoms with Crippen LogP contribution in [0.1, 0.15) is 42.3 Å². The van der Waals surface area contributed by atoms with Gasteiger partial charge in [0.1, 0.15) is 11.4 Å². The summed E-state index contributed by atoms with van der Waals surface area (Å²) in [6.07, 6.45) is -0.326. The van der Waals surface area contributed by atoms with Gasteiger partial charge in [0, 0.05) is 23.7 Å². The first-order chi connectivity index (χ1) is 15.0. The Bertz CT molecular complexity index is 1040. The lowest BCUT2D eigenvalue weighted by Gasteiger charge is -2.20. The molecule has 1 amide bonds. The number of nitrogens with zero attached hydrogens (tertiary/aromatic N) is 1. The van der Waals surface area contributed by atoms with Crippen LogP contribution in [0, 0.1) is 17.1 Å². The molecule has 9 heteroatoms. The number of amides is 1. The standard InChI is InChI=1S/C23H25BrFN3O4/c1-23(2,3)32-22(30)14-5-6-19(20(10-14)27-7-8-31-4)28-21(29)12-17-15(13-26)9-16(24)11-18(17)25/h5-6,9-11,27H,7-8,12H2,1-4H3,(H,28,29). The maximum absolute atomic E-state index is 14.3. The Balaban J connectivity index is 2.27. The molecule has 0 atom stereocenters. The molecule has 2 rings (SSSR count). The van der Waals surface area contributed by atoms with Crippen molar-refractivity contribution in [2.45, 2.75) is 32.8 Å². The molecule has 0 aliphatic carbocycles. The van der Waals surface area contributed by atoms with Crippen molar-refractivity contribution in [1.29, 1.82) is 5.26 Å². The molecule has 0 aromatic heterocycles. The van der Waals surface area contributed by atoms with Crippen molar-refractivity contribution in [3.8, 4) is 6.07 Å². The maximum atomic E-state index is 14.3. The van der Waals surface area contributed by atoms with Crippen LogP contribution in [-0.4, -0.2) is 37.7 Å². The Kier molecular flexibility index (Phi) is 8.75. The van der Waals surface area contributed by atoms with Crippen molar-refractivity contribution < 1.29 is 23.5 Å². The molecule has 170 valence electrons. The van der Waals surface area contributed by atoms with Crippen LogP contribution < -0.4 is 10.6 Å². The summed E-state index contributed by atoms with van der Waals surface area (Å²) in [5.41, 5.74) is 0.618. The summed E-state index contributed by atoms with van der Waals surface area (Å²) >= 11 is 3.14. The molecule has 7 nitrogen and oxygen atoms in total. The van der Waals surface area contributed by atoms with Crippen molar-refractivity contribution >= 4 is 39.2 Å². The summed E-state index contributed by atoms with van der Waals surface area (Å²) in [6, 6.07) is 9.23. The van der Waals surface area contributed by atoms with E-state index in [0.29, 0.717) is 34.6 Å². The van der Waals surface area contributed by atoms with Gasteiger partial charge in [-0.15, -0.1) is 0 Å². The van der Waals surface area contributed by atoms with Gasteiger partial charge >= 0.3 is 5.97 Å². The van der Waals surface area contributed by atoms with Crippen molar-refractivity contribution in [2.75, 3.05) is 30.9 Å². The highest BCUT2D eigenvalue weighted by molar-refractivity contribution is 9.10. The molecule has 0 fully saturated rings. The summed E-state index contributed by atoms with van der Waals surface area (Å²) in [6.45, 7) is 6.15. The van der Waals surface area contributed by atoms with Crippen LogP contribution in [0.25, 0.3) is 0 Å². The highest BCUT2D eigenvalue weighted by Gasteiger charge is 2.20. The van der Waals surface area contributed by atoms with Gasteiger partial charge in [0.15, 0.2) is 0 Å². The van der Waals surface area contributed by atoms with E-state index < -0.39 is 23.3 Å². The van der Waals surface area contributed by atoms with E-state index in [1.54, 1.807) is 40.0 Å². The largest absolute Gasteiger partial charge is 0.456 e. The Labute approximate surface area is 195 Å². The molecule has 0 aliphatic heterocycles. The monoisotopic (exact) mass is 505 g/mol. The van der Waals surface area contributed by atoms with E-state index in [4.69, 9.17) is 9.47 Å². The number of anilines is 2. The van der Waals surface area contributed by atoms with Gasteiger partial charge in [-0.05, 0) is 51.1 Å². The smallest absolute Gasteiger partial charge is 0.338 e. The zero-order valence-electron chi connectivity index (χ0n) is 18.3. The van der Waals surface area contributed by atoms with E-state index in [1.807, 2.05) is 6.07 Å². The predicted molar refractivity (Wildman–Crippen MR) is 123 cm³/mol. The first-order valence-electron chi connectivity index (χ1n) is 9.82. The third-order valence-corrected chi connectivity index (χ3v) is 4.63. The molecule has 0 aliphatic rings. The zero-order chi connectivity index (χ0) is 23.9. The summed E-state index contributed by atoms with van der Waals surface area (Å²) in [5.74, 6) is -1.66.